The second-order valence-electron chi connectivity index (χ2n) is 8.99. The Hall–Kier alpha value is -4.44. The zero-order valence-corrected chi connectivity index (χ0v) is 23.0. The van der Waals surface area contributed by atoms with Gasteiger partial charge in [-0.1, -0.05) is 24.3 Å². The van der Waals surface area contributed by atoms with Crippen LogP contribution in [0.1, 0.15) is 37.4 Å². The number of methoxy groups -OCH3 is 1. The lowest BCUT2D eigenvalue weighted by Crippen LogP contribution is -2.29. The summed E-state index contributed by atoms with van der Waals surface area (Å²) in [5.74, 6) is -1.05. The Kier molecular flexibility index (Phi) is 7.70. The van der Waals surface area contributed by atoms with Gasteiger partial charge in [-0.2, -0.15) is 0 Å². The van der Waals surface area contributed by atoms with Crippen LogP contribution < -0.4 is 19.1 Å². The molecule has 8 nitrogen and oxygen atoms in total. The molecule has 0 saturated carbocycles. The fraction of sp³-hybridized carbons (Fsp3) is 0.233. The van der Waals surface area contributed by atoms with Gasteiger partial charge in [-0.3, -0.25) is 14.5 Å². The van der Waals surface area contributed by atoms with E-state index < -0.39 is 29.3 Å². The number of ether oxygens (including phenoxy) is 3. The van der Waals surface area contributed by atoms with Crippen LogP contribution in [-0.2, 0) is 9.59 Å². The van der Waals surface area contributed by atoms with Crippen LogP contribution in [0, 0.1) is 5.82 Å². The number of rotatable bonds is 9. The number of thiazole rings is 1. The minimum absolute atomic E-state index is 0.141. The predicted molar refractivity (Wildman–Crippen MR) is 151 cm³/mol. The van der Waals surface area contributed by atoms with Gasteiger partial charge in [0.15, 0.2) is 16.6 Å². The molecule has 0 bridgehead atoms. The molecule has 1 aliphatic heterocycles. The van der Waals surface area contributed by atoms with Gasteiger partial charge in [0.2, 0.25) is 0 Å². The monoisotopic (exact) mass is 562 g/mol. The van der Waals surface area contributed by atoms with E-state index in [-0.39, 0.29) is 16.3 Å². The maximum atomic E-state index is 13.6. The van der Waals surface area contributed by atoms with E-state index >= 15 is 0 Å². The first-order valence-corrected chi connectivity index (χ1v) is 13.6. The lowest BCUT2D eigenvalue weighted by Gasteiger charge is -2.24. The van der Waals surface area contributed by atoms with Gasteiger partial charge in [-0.15, -0.1) is 0 Å². The third kappa shape index (κ3) is 4.98. The number of carbonyl (C=O) groups excluding carboxylic acids is 2. The maximum Gasteiger partial charge on any atom is 0.301 e. The Labute approximate surface area is 234 Å². The third-order valence-corrected chi connectivity index (χ3v) is 7.41. The molecule has 1 aromatic heterocycles. The molecule has 5 rings (SSSR count). The minimum atomic E-state index is -1.04. The fourth-order valence-electron chi connectivity index (χ4n) is 4.53. The zero-order valence-electron chi connectivity index (χ0n) is 22.1. The first-order valence-electron chi connectivity index (χ1n) is 12.8. The number of aromatic nitrogens is 1. The van der Waals surface area contributed by atoms with Crippen LogP contribution in [-0.4, -0.2) is 42.1 Å². The van der Waals surface area contributed by atoms with Gasteiger partial charge in [-0.25, -0.2) is 9.37 Å². The number of Topliss-reactive ketones (excluding diaryl/α,β-unsaturated/α-hetero) is 1. The minimum Gasteiger partial charge on any atom is -0.507 e. The zero-order chi connectivity index (χ0) is 28.4. The first kappa shape index (κ1) is 27.1. The summed E-state index contributed by atoms with van der Waals surface area (Å²) in [5, 5.41) is 11.6. The van der Waals surface area contributed by atoms with Crippen LogP contribution in [0.25, 0.3) is 16.0 Å². The number of amides is 1. The SMILES string of the molecule is CCCOc1ccc(C2C(=C(O)c3ccc(F)cc3)C(=O)C(=O)N2c2nc3ccc(OC)cc3s2)cc1OCC. The van der Waals surface area contributed by atoms with Crippen molar-refractivity contribution in [2.75, 3.05) is 25.2 Å². The second kappa shape index (κ2) is 11.4. The van der Waals surface area contributed by atoms with Crippen molar-refractivity contribution in [3.05, 3.63) is 83.2 Å². The molecular formula is C30H27FN2O6S. The van der Waals surface area contributed by atoms with Gasteiger partial charge in [0.25, 0.3) is 5.78 Å². The highest BCUT2D eigenvalue weighted by Gasteiger charge is 2.48. The number of nitrogens with zero attached hydrogens (tertiary/aromatic N) is 2. The van der Waals surface area contributed by atoms with Crippen molar-refractivity contribution >= 4 is 44.1 Å². The Bertz CT molecular complexity index is 1610. The van der Waals surface area contributed by atoms with E-state index in [1.165, 1.54) is 40.5 Å². The number of aliphatic hydroxyl groups excluding tert-OH is 1. The van der Waals surface area contributed by atoms with Crippen molar-refractivity contribution < 1.29 is 33.3 Å². The first-order chi connectivity index (χ1) is 19.4. The standard InChI is InChI=1S/C30H27FN2O6S/c1-4-14-39-22-13-8-18(15-23(22)38-5-2)26-25(27(34)17-6-9-19(31)10-7-17)28(35)29(36)33(26)30-32-21-12-11-20(37-3)16-24(21)40-30/h6-13,15-16,26,34H,4-5,14H2,1-3H3. The molecule has 1 saturated heterocycles. The summed E-state index contributed by atoms with van der Waals surface area (Å²) < 4.78 is 31.4. The lowest BCUT2D eigenvalue weighted by atomic mass is 9.95. The Morgan fingerprint density at radius 3 is 2.50 bits per heavy atom. The highest BCUT2D eigenvalue weighted by Crippen LogP contribution is 2.46. The Balaban J connectivity index is 1.71. The number of hydrogen-bond donors (Lipinski definition) is 1. The molecule has 1 aliphatic rings. The van der Waals surface area contributed by atoms with Crippen LogP contribution in [0.3, 0.4) is 0 Å². The summed E-state index contributed by atoms with van der Waals surface area (Å²) in [4.78, 5) is 33.0. The highest BCUT2D eigenvalue weighted by molar-refractivity contribution is 7.22. The van der Waals surface area contributed by atoms with Crippen molar-refractivity contribution in [1.29, 1.82) is 0 Å². The number of benzene rings is 3. The molecule has 0 radical (unpaired) electrons. The number of ketones is 1. The van der Waals surface area contributed by atoms with E-state index in [2.05, 4.69) is 4.98 Å². The number of carbonyl (C=O) groups is 2. The van der Waals surface area contributed by atoms with Crippen molar-refractivity contribution in [1.82, 2.24) is 4.98 Å². The normalized spacial score (nSPS) is 16.5. The van der Waals surface area contributed by atoms with E-state index in [0.29, 0.717) is 41.5 Å². The molecular weight excluding hydrogens is 535 g/mol. The van der Waals surface area contributed by atoms with Crippen molar-refractivity contribution in [2.45, 2.75) is 26.3 Å². The van der Waals surface area contributed by atoms with E-state index in [1.807, 2.05) is 13.8 Å². The molecule has 0 spiro atoms. The largest absolute Gasteiger partial charge is 0.507 e. The highest BCUT2D eigenvalue weighted by atomic mass is 32.1. The molecule has 2 heterocycles. The van der Waals surface area contributed by atoms with E-state index in [1.54, 1.807) is 43.5 Å². The van der Waals surface area contributed by atoms with E-state index in [9.17, 15) is 19.1 Å². The molecule has 1 unspecified atom stereocenters. The summed E-state index contributed by atoms with van der Waals surface area (Å²) in [6, 6.07) is 14.5. The maximum absolute atomic E-state index is 13.6. The molecule has 1 N–H and O–H groups in total. The van der Waals surface area contributed by atoms with Gasteiger partial charge in [-0.05, 0) is 73.5 Å². The summed E-state index contributed by atoms with van der Waals surface area (Å²) in [6.45, 7) is 4.68. The molecule has 0 aliphatic carbocycles. The van der Waals surface area contributed by atoms with E-state index in [0.717, 1.165) is 11.1 Å². The topological polar surface area (TPSA) is 98.2 Å². The Morgan fingerprint density at radius 1 is 1.02 bits per heavy atom. The Morgan fingerprint density at radius 2 is 1.80 bits per heavy atom. The van der Waals surface area contributed by atoms with Crippen LogP contribution >= 0.6 is 11.3 Å². The molecule has 3 aromatic carbocycles. The summed E-state index contributed by atoms with van der Waals surface area (Å²) in [6.07, 6.45) is 0.799. The van der Waals surface area contributed by atoms with Crippen LogP contribution in [0.5, 0.6) is 17.2 Å². The molecule has 206 valence electrons. The van der Waals surface area contributed by atoms with Crippen molar-refractivity contribution in [3.8, 4) is 17.2 Å². The van der Waals surface area contributed by atoms with Gasteiger partial charge in [0.1, 0.15) is 17.3 Å². The van der Waals surface area contributed by atoms with Crippen LogP contribution in [0.15, 0.2) is 66.2 Å². The molecule has 1 fully saturated rings. The van der Waals surface area contributed by atoms with Crippen LogP contribution in [0.2, 0.25) is 0 Å². The molecule has 40 heavy (non-hydrogen) atoms. The predicted octanol–water partition coefficient (Wildman–Crippen LogP) is 6.26. The summed E-state index contributed by atoms with van der Waals surface area (Å²) in [7, 11) is 1.56. The van der Waals surface area contributed by atoms with Gasteiger partial charge in [0.05, 0.1) is 42.2 Å². The molecule has 1 amide bonds. The third-order valence-electron chi connectivity index (χ3n) is 6.40. The number of fused-ring (bicyclic) bond motifs is 1. The van der Waals surface area contributed by atoms with Gasteiger partial charge >= 0.3 is 5.91 Å². The lowest BCUT2D eigenvalue weighted by molar-refractivity contribution is -0.132. The van der Waals surface area contributed by atoms with Crippen molar-refractivity contribution in [3.63, 3.8) is 0 Å². The second-order valence-corrected chi connectivity index (χ2v) is 10.0. The molecule has 10 heteroatoms. The average molecular weight is 563 g/mol. The smallest absolute Gasteiger partial charge is 0.301 e. The molecule has 4 aromatic rings. The number of halogens is 1. The van der Waals surface area contributed by atoms with Gasteiger partial charge in [0, 0.05) is 5.56 Å². The average Bonchev–Trinajstić information content (AvgIpc) is 3.49. The number of aliphatic hydroxyl groups is 1. The van der Waals surface area contributed by atoms with Crippen LogP contribution in [0.4, 0.5) is 9.52 Å². The van der Waals surface area contributed by atoms with Gasteiger partial charge < -0.3 is 19.3 Å². The van der Waals surface area contributed by atoms with Crippen molar-refractivity contribution in [2.24, 2.45) is 0 Å². The fourth-order valence-corrected chi connectivity index (χ4v) is 5.55. The quantitative estimate of drug-likeness (QED) is 0.146. The van der Waals surface area contributed by atoms with E-state index in [4.69, 9.17) is 14.2 Å². The number of hydrogen-bond acceptors (Lipinski definition) is 8. The summed E-state index contributed by atoms with van der Waals surface area (Å²) >= 11 is 1.22. The summed E-state index contributed by atoms with van der Waals surface area (Å²) in [5.41, 5.74) is 1.19. The molecule has 1 atom stereocenters. The number of anilines is 1.